The summed E-state index contributed by atoms with van der Waals surface area (Å²) in [6.45, 7) is 6.16. The summed E-state index contributed by atoms with van der Waals surface area (Å²) in [6.07, 6.45) is 4.63. The van der Waals surface area contributed by atoms with E-state index >= 15 is 0 Å². The maximum atomic E-state index is 12.4. The molecule has 1 saturated carbocycles. The molecule has 1 saturated heterocycles. The fourth-order valence-electron chi connectivity index (χ4n) is 4.24. The number of fused-ring (bicyclic) bond motifs is 1. The largest absolute Gasteiger partial charge is 0.396 e. The minimum absolute atomic E-state index is 0.0486. The molecular formula is C15H23N3O2S. The van der Waals surface area contributed by atoms with Crippen molar-refractivity contribution in [2.24, 2.45) is 23.8 Å². The second kappa shape index (κ2) is 5.02. The highest BCUT2D eigenvalue weighted by Crippen LogP contribution is 2.62. The van der Waals surface area contributed by atoms with Crippen LogP contribution in [0.1, 0.15) is 20.3 Å². The molecular weight excluding hydrogens is 286 g/mol. The maximum Gasteiger partial charge on any atom is 0.233 e. The predicted octanol–water partition coefficient (Wildman–Crippen LogP) is 1.38. The van der Waals surface area contributed by atoms with Crippen LogP contribution in [0.3, 0.4) is 0 Å². The van der Waals surface area contributed by atoms with Crippen LogP contribution in [0.2, 0.25) is 0 Å². The first kappa shape index (κ1) is 14.9. The van der Waals surface area contributed by atoms with Crippen LogP contribution in [0.25, 0.3) is 0 Å². The molecule has 2 aliphatic rings. The van der Waals surface area contributed by atoms with Crippen LogP contribution in [0.4, 0.5) is 0 Å². The lowest BCUT2D eigenvalue weighted by Crippen LogP contribution is -2.54. The highest BCUT2D eigenvalue weighted by Gasteiger charge is 2.62. The smallest absolute Gasteiger partial charge is 0.233 e. The highest BCUT2D eigenvalue weighted by molar-refractivity contribution is 7.99. The Morgan fingerprint density at radius 3 is 2.86 bits per heavy atom. The van der Waals surface area contributed by atoms with Crippen molar-refractivity contribution in [3.05, 3.63) is 12.4 Å². The Balaban J connectivity index is 1.61. The number of rotatable bonds is 4. The van der Waals surface area contributed by atoms with Gasteiger partial charge in [0, 0.05) is 37.9 Å². The summed E-state index contributed by atoms with van der Waals surface area (Å²) in [6, 6.07) is 0. The molecule has 116 valence electrons. The molecule has 1 aromatic rings. The first-order valence-corrected chi connectivity index (χ1v) is 8.35. The van der Waals surface area contributed by atoms with Crippen LogP contribution in [-0.4, -0.2) is 50.9 Å². The summed E-state index contributed by atoms with van der Waals surface area (Å²) in [4.78, 5) is 18.6. The lowest BCUT2D eigenvalue weighted by molar-refractivity contribution is -0.128. The van der Waals surface area contributed by atoms with Gasteiger partial charge < -0.3 is 14.6 Å². The topological polar surface area (TPSA) is 58.4 Å². The summed E-state index contributed by atoms with van der Waals surface area (Å²) >= 11 is 1.48. The summed E-state index contributed by atoms with van der Waals surface area (Å²) in [7, 11) is 1.93. The van der Waals surface area contributed by atoms with Crippen LogP contribution >= 0.6 is 11.8 Å². The number of aromatic nitrogens is 2. The van der Waals surface area contributed by atoms with Crippen LogP contribution in [0, 0.1) is 16.7 Å². The summed E-state index contributed by atoms with van der Waals surface area (Å²) in [5.41, 5.74) is 0.192. The fraction of sp³-hybridized carbons (Fsp3) is 0.733. The van der Waals surface area contributed by atoms with E-state index in [1.807, 2.05) is 22.7 Å². The van der Waals surface area contributed by atoms with Gasteiger partial charge in [0.05, 0.1) is 12.4 Å². The Morgan fingerprint density at radius 1 is 1.57 bits per heavy atom. The van der Waals surface area contributed by atoms with E-state index in [1.165, 1.54) is 11.8 Å². The molecule has 0 bridgehead atoms. The van der Waals surface area contributed by atoms with Gasteiger partial charge in [0.15, 0.2) is 5.16 Å². The van der Waals surface area contributed by atoms with Crippen molar-refractivity contribution < 1.29 is 9.90 Å². The van der Waals surface area contributed by atoms with Crippen molar-refractivity contribution in [3.8, 4) is 0 Å². The van der Waals surface area contributed by atoms with E-state index in [1.54, 1.807) is 6.20 Å². The number of hydrogen-bond acceptors (Lipinski definition) is 4. The third-order valence-corrected chi connectivity index (χ3v) is 6.21. The number of aliphatic hydroxyl groups excluding tert-OH is 1. The Bertz CT molecular complexity index is 557. The lowest BCUT2D eigenvalue weighted by Gasteiger charge is -2.55. The van der Waals surface area contributed by atoms with Gasteiger partial charge in [-0.3, -0.25) is 4.79 Å². The Morgan fingerprint density at radius 2 is 2.33 bits per heavy atom. The van der Waals surface area contributed by atoms with Crippen LogP contribution < -0.4 is 0 Å². The van der Waals surface area contributed by atoms with Gasteiger partial charge in [-0.15, -0.1) is 0 Å². The molecule has 6 heteroatoms. The second-order valence-electron chi connectivity index (χ2n) is 7.12. The van der Waals surface area contributed by atoms with Gasteiger partial charge in [-0.2, -0.15) is 0 Å². The standard InChI is InChI=1S/C15H23N3O2S/c1-14(2)8-15(10-19)9-18(6-11(14)15)12(20)7-21-13-16-4-5-17(13)3/h4-5,11,19H,6-10H2,1-3H3/t11-,15-/m1/s1. The summed E-state index contributed by atoms with van der Waals surface area (Å²) in [5, 5.41) is 10.6. The number of carbonyl (C=O) groups excluding carboxylic acids is 1. The van der Waals surface area contributed by atoms with E-state index in [4.69, 9.17) is 0 Å². The number of thioether (sulfide) groups is 1. The van der Waals surface area contributed by atoms with Crippen LogP contribution in [-0.2, 0) is 11.8 Å². The number of amides is 1. The molecule has 0 radical (unpaired) electrons. The minimum Gasteiger partial charge on any atom is -0.396 e. The molecule has 21 heavy (non-hydrogen) atoms. The van der Waals surface area contributed by atoms with Crippen LogP contribution in [0.15, 0.2) is 17.6 Å². The molecule has 1 amide bonds. The average Bonchev–Trinajstić information content (AvgIpc) is 2.98. The zero-order chi connectivity index (χ0) is 15.3. The third-order valence-electron chi connectivity index (χ3n) is 5.17. The molecule has 0 unspecified atom stereocenters. The lowest BCUT2D eigenvalue weighted by atomic mass is 9.48. The molecule has 2 fully saturated rings. The van der Waals surface area contributed by atoms with Crippen molar-refractivity contribution >= 4 is 17.7 Å². The number of nitrogens with zero attached hydrogens (tertiary/aromatic N) is 3. The Hall–Kier alpha value is -1.01. The molecule has 1 N–H and O–H groups in total. The average molecular weight is 309 g/mol. The molecule has 1 aromatic heterocycles. The number of likely N-dealkylation sites (tertiary alicyclic amines) is 1. The number of aryl methyl sites for hydroxylation is 1. The van der Waals surface area contributed by atoms with Crippen molar-refractivity contribution in [2.75, 3.05) is 25.4 Å². The van der Waals surface area contributed by atoms with Gasteiger partial charge in [-0.25, -0.2) is 4.98 Å². The fourth-order valence-corrected chi connectivity index (χ4v) is 5.07. The van der Waals surface area contributed by atoms with Gasteiger partial charge in [0.2, 0.25) is 5.91 Å². The molecule has 0 aromatic carbocycles. The molecule has 0 spiro atoms. The number of hydrogen-bond donors (Lipinski definition) is 1. The van der Waals surface area contributed by atoms with E-state index in [9.17, 15) is 9.90 Å². The van der Waals surface area contributed by atoms with E-state index in [2.05, 4.69) is 18.8 Å². The zero-order valence-corrected chi connectivity index (χ0v) is 13.7. The molecule has 1 aliphatic carbocycles. The summed E-state index contributed by atoms with van der Waals surface area (Å²) < 4.78 is 1.92. The first-order valence-electron chi connectivity index (χ1n) is 7.37. The predicted molar refractivity (Wildman–Crippen MR) is 81.9 cm³/mol. The Kier molecular flexibility index (Phi) is 3.56. The molecule has 1 aliphatic heterocycles. The van der Waals surface area contributed by atoms with Gasteiger partial charge in [0.25, 0.3) is 0 Å². The van der Waals surface area contributed by atoms with Crippen molar-refractivity contribution in [1.82, 2.24) is 14.5 Å². The monoisotopic (exact) mass is 309 g/mol. The Labute approximate surface area is 129 Å². The zero-order valence-electron chi connectivity index (χ0n) is 12.9. The quantitative estimate of drug-likeness (QED) is 0.854. The molecule has 5 nitrogen and oxygen atoms in total. The summed E-state index contributed by atoms with van der Waals surface area (Å²) in [5.74, 6) is 0.998. The van der Waals surface area contributed by atoms with Crippen molar-refractivity contribution in [1.29, 1.82) is 0 Å². The van der Waals surface area contributed by atoms with Crippen molar-refractivity contribution in [2.45, 2.75) is 25.4 Å². The van der Waals surface area contributed by atoms with Gasteiger partial charge in [0.1, 0.15) is 0 Å². The normalized spacial score (nSPS) is 30.1. The van der Waals surface area contributed by atoms with Crippen molar-refractivity contribution in [3.63, 3.8) is 0 Å². The van der Waals surface area contributed by atoms with Crippen LogP contribution in [0.5, 0.6) is 0 Å². The van der Waals surface area contributed by atoms with Gasteiger partial charge >= 0.3 is 0 Å². The number of carbonyl (C=O) groups is 1. The second-order valence-corrected chi connectivity index (χ2v) is 8.06. The van der Waals surface area contributed by atoms with Gasteiger partial charge in [-0.1, -0.05) is 25.6 Å². The minimum atomic E-state index is -0.0486. The van der Waals surface area contributed by atoms with E-state index in [0.717, 1.165) is 18.1 Å². The van der Waals surface area contributed by atoms with E-state index in [-0.39, 0.29) is 23.3 Å². The molecule has 3 rings (SSSR count). The van der Waals surface area contributed by atoms with E-state index < -0.39 is 0 Å². The molecule has 2 heterocycles. The van der Waals surface area contributed by atoms with E-state index in [0.29, 0.717) is 18.2 Å². The number of imidazole rings is 1. The van der Waals surface area contributed by atoms with Gasteiger partial charge in [-0.05, 0) is 17.8 Å². The SMILES string of the molecule is Cn1ccnc1SCC(=O)N1C[C@@H]2C(C)(C)C[C@]2(CO)C1. The maximum absolute atomic E-state index is 12.4. The highest BCUT2D eigenvalue weighted by atomic mass is 32.2. The molecule has 2 atom stereocenters. The first-order chi connectivity index (χ1) is 9.88. The third kappa shape index (κ3) is 2.38. The number of aliphatic hydroxyl groups is 1.